The molecule has 1 aliphatic rings. The lowest BCUT2D eigenvalue weighted by atomic mass is 9.64. The molecule has 0 unspecified atom stereocenters. The van der Waals surface area contributed by atoms with Gasteiger partial charge in [0.25, 0.3) is 0 Å². The summed E-state index contributed by atoms with van der Waals surface area (Å²) < 4.78 is 1.96. The first-order valence-electron chi connectivity index (χ1n) is 9.18. The summed E-state index contributed by atoms with van der Waals surface area (Å²) in [4.78, 5) is 4.68. The molecule has 0 radical (unpaired) electrons. The van der Waals surface area contributed by atoms with E-state index in [9.17, 15) is 0 Å². The third-order valence-corrected chi connectivity index (χ3v) is 5.27. The summed E-state index contributed by atoms with van der Waals surface area (Å²) in [6, 6.07) is 10.8. The van der Waals surface area contributed by atoms with Crippen LogP contribution in [-0.4, -0.2) is 33.8 Å². The lowest BCUT2D eigenvalue weighted by Crippen LogP contribution is -2.49. The second-order valence-electron chi connectivity index (χ2n) is 6.91. The van der Waals surface area contributed by atoms with Gasteiger partial charge in [-0.2, -0.15) is 0 Å². The molecule has 0 bridgehead atoms. The van der Waals surface area contributed by atoms with Crippen LogP contribution in [0.25, 0.3) is 0 Å². The molecule has 0 atom stereocenters. The summed E-state index contributed by atoms with van der Waals surface area (Å²) in [5.74, 6) is 2.53. The van der Waals surface area contributed by atoms with Gasteiger partial charge in [0, 0.05) is 25.6 Å². The number of nitrogens with one attached hydrogen (secondary N) is 2. The molecule has 0 aliphatic heterocycles. The molecule has 0 amide bonds. The Kier molecular flexibility index (Phi) is 5.71. The Morgan fingerprint density at radius 2 is 2.04 bits per heavy atom. The van der Waals surface area contributed by atoms with Crippen LogP contribution in [0.1, 0.15) is 36.5 Å². The topological polar surface area (TPSA) is 67.1 Å². The van der Waals surface area contributed by atoms with Crippen LogP contribution < -0.4 is 10.6 Å². The van der Waals surface area contributed by atoms with E-state index in [0.29, 0.717) is 13.1 Å². The Morgan fingerprint density at radius 1 is 1.27 bits per heavy atom. The molecule has 26 heavy (non-hydrogen) atoms. The van der Waals surface area contributed by atoms with E-state index in [1.54, 1.807) is 0 Å². The Morgan fingerprint density at radius 3 is 2.62 bits per heavy atom. The third-order valence-electron chi connectivity index (χ3n) is 5.27. The molecule has 2 aromatic rings. The van der Waals surface area contributed by atoms with Crippen LogP contribution in [0, 0.1) is 6.92 Å². The highest BCUT2D eigenvalue weighted by molar-refractivity contribution is 5.80. The highest BCUT2D eigenvalue weighted by Gasteiger charge is 2.38. The maximum absolute atomic E-state index is 4.68. The predicted molar refractivity (Wildman–Crippen MR) is 105 cm³/mol. The Hall–Kier alpha value is -2.63. The fourth-order valence-corrected chi connectivity index (χ4v) is 3.30. The summed E-state index contributed by atoms with van der Waals surface area (Å²) >= 11 is 0. The number of aryl methyl sites for hydroxylation is 1. The van der Waals surface area contributed by atoms with Gasteiger partial charge in [0.1, 0.15) is 12.4 Å². The lowest BCUT2D eigenvalue weighted by molar-refractivity contribution is 0.244. The number of hydrogen-bond acceptors (Lipinski definition) is 3. The molecular formula is C20H28N6. The van der Waals surface area contributed by atoms with Crippen molar-refractivity contribution in [1.82, 2.24) is 25.4 Å². The third kappa shape index (κ3) is 3.95. The maximum atomic E-state index is 4.68. The number of aliphatic imine (C=N–C) groups is 1. The molecule has 1 aromatic carbocycles. The minimum Gasteiger partial charge on any atom is -0.355 e. The van der Waals surface area contributed by atoms with Crippen molar-refractivity contribution in [2.45, 2.75) is 38.1 Å². The van der Waals surface area contributed by atoms with Crippen molar-refractivity contribution in [3.63, 3.8) is 0 Å². The van der Waals surface area contributed by atoms with Crippen molar-refractivity contribution in [2.75, 3.05) is 13.1 Å². The van der Waals surface area contributed by atoms with Crippen LogP contribution >= 0.6 is 0 Å². The van der Waals surface area contributed by atoms with Crippen LogP contribution in [0.15, 0.2) is 48.0 Å². The van der Waals surface area contributed by atoms with Crippen LogP contribution in [0.4, 0.5) is 0 Å². The number of guanidine groups is 1. The smallest absolute Gasteiger partial charge is 0.191 e. The molecule has 6 nitrogen and oxygen atoms in total. The van der Waals surface area contributed by atoms with Crippen molar-refractivity contribution < 1.29 is 0 Å². The second-order valence-corrected chi connectivity index (χ2v) is 6.91. The molecule has 3 rings (SSSR count). The standard InChI is InChI=1S/C20H28N6/c1-4-13-21-19(22-14-18-25-24-16(2)26(18)3)23-15-20(11-8-12-20)17-9-6-5-7-10-17/h4-7,9-10H,1,8,11-15H2,2-3H3,(H2,21,22,23). The molecule has 6 heteroatoms. The van der Waals surface area contributed by atoms with E-state index >= 15 is 0 Å². The van der Waals surface area contributed by atoms with Crippen LogP contribution in [0.3, 0.4) is 0 Å². The lowest BCUT2D eigenvalue weighted by Gasteiger charge is -2.43. The van der Waals surface area contributed by atoms with Gasteiger partial charge in [-0.1, -0.05) is 42.8 Å². The van der Waals surface area contributed by atoms with E-state index in [4.69, 9.17) is 0 Å². The fourth-order valence-electron chi connectivity index (χ4n) is 3.30. The SMILES string of the molecule is C=CCNC(=NCc1nnc(C)n1C)NCC1(c2ccccc2)CCC1. The molecule has 1 aromatic heterocycles. The van der Waals surface area contributed by atoms with Gasteiger partial charge in [0.15, 0.2) is 11.8 Å². The molecule has 1 fully saturated rings. The van der Waals surface area contributed by atoms with Gasteiger partial charge in [-0.15, -0.1) is 16.8 Å². The Labute approximate surface area is 155 Å². The zero-order valence-corrected chi connectivity index (χ0v) is 15.7. The molecule has 0 saturated heterocycles. The quantitative estimate of drug-likeness (QED) is 0.456. The van der Waals surface area contributed by atoms with Crippen LogP contribution in [0.2, 0.25) is 0 Å². The van der Waals surface area contributed by atoms with Gasteiger partial charge >= 0.3 is 0 Å². The summed E-state index contributed by atoms with van der Waals surface area (Å²) in [7, 11) is 1.96. The molecule has 138 valence electrons. The first-order valence-corrected chi connectivity index (χ1v) is 9.18. The largest absolute Gasteiger partial charge is 0.355 e. The summed E-state index contributed by atoms with van der Waals surface area (Å²) in [6.45, 7) is 7.75. The minimum atomic E-state index is 0.208. The summed E-state index contributed by atoms with van der Waals surface area (Å²) in [6.07, 6.45) is 5.53. The van der Waals surface area contributed by atoms with Crippen molar-refractivity contribution in [3.8, 4) is 0 Å². The maximum Gasteiger partial charge on any atom is 0.191 e. The molecule has 2 N–H and O–H groups in total. The van der Waals surface area contributed by atoms with Crippen molar-refractivity contribution in [3.05, 3.63) is 60.2 Å². The Balaban J connectivity index is 1.69. The Bertz CT molecular complexity index is 758. The van der Waals surface area contributed by atoms with E-state index in [1.165, 1.54) is 24.8 Å². The van der Waals surface area contributed by atoms with E-state index in [2.05, 4.69) is 62.7 Å². The highest BCUT2D eigenvalue weighted by Crippen LogP contribution is 2.43. The minimum absolute atomic E-state index is 0.208. The van der Waals surface area contributed by atoms with Gasteiger partial charge in [-0.3, -0.25) is 0 Å². The number of benzene rings is 1. The number of hydrogen-bond donors (Lipinski definition) is 2. The van der Waals surface area contributed by atoms with Gasteiger partial charge in [-0.05, 0) is 25.3 Å². The zero-order chi connectivity index (χ0) is 18.4. The number of nitrogens with zero attached hydrogens (tertiary/aromatic N) is 4. The van der Waals surface area contributed by atoms with Crippen LogP contribution in [0.5, 0.6) is 0 Å². The molecule has 0 spiro atoms. The van der Waals surface area contributed by atoms with E-state index in [0.717, 1.165) is 24.2 Å². The first kappa shape index (κ1) is 18.2. The van der Waals surface area contributed by atoms with E-state index < -0.39 is 0 Å². The van der Waals surface area contributed by atoms with Gasteiger partial charge in [-0.25, -0.2) is 4.99 Å². The molecule has 1 heterocycles. The van der Waals surface area contributed by atoms with Crippen LogP contribution in [-0.2, 0) is 19.0 Å². The van der Waals surface area contributed by atoms with Crippen molar-refractivity contribution in [2.24, 2.45) is 12.0 Å². The molecule has 1 saturated carbocycles. The zero-order valence-electron chi connectivity index (χ0n) is 15.7. The first-order chi connectivity index (χ1) is 12.6. The normalized spacial score (nSPS) is 16.0. The molecular weight excluding hydrogens is 324 g/mol. The van der Waals surface area contributed by atoms with Gasteiger partial charge in [0.05, 0.1) is 0 Å². The fraction of sp³-hybridized carbons (Fsp3) is 0.450. The molecule has 1 aliphatic carbocycles. The van der Waals surface area contributed by atoms with Gasteiger partial charge in [0.2, 0.25) is 0 Å². The second kappa shape index (κ2) is 8.17. The number of aromatic nitrogens is 3. The average Bonchev–Trinajstić information content (AvgIpc) is 2.95. The summed E-state index contributed by atoms with van der Waals surface area (Å²) in [5, 5.41) is 15.1. The van der Waals surface area contributed by atoms with Crippen molar-refractivity contribution in [1.29, 1.82) is 0 Å². The average molecular weight is 352 g/mol. The van der Waals surface area contributed by atoms with Gasteiger partial charge < -0.3 is 15.2 Å². The summed E-state index contributed by atoms with van der Waals surface area (Å²) in [5.41, 5.74) is 1.62. The monoisotopic (exact) mass is 352 g/mol. The highest BCUT2D eigenvalue weighted by atomic mass is 15.3. The van der Waals surface area contributed by atoms with E-state index in [1.807, 2.05) is 24.6 Å². The van der Waals surface area contributed by atoms with Crippen molar-refractivity contribution >= 4 is 5.96 Å². The predicted octanol–water partition coefficient (Wildman–Crippen LogP) is 2.47. The van der Waals surface area contributed by atoms with E-state index in [-0.39, 0.29) is 5.41 Å². The number of rotatable bonds is 7.